The van der Waals surface area contributed by atoms with Crippen LogP contribution in [0.1, 0.15) is 41.5 Å². The molecule has 0 aromatic heterocycles. The molecule has 2 fully saturated rings. The Bertz CT molecular complexity index is 1590. The molecule has 1 spiro atoms. The molecule has 3 aromatic rings. The molecule has 7 rings (SSSR count). The summed E-state index contributed by atoms with van der Waals surface area (Å²) in [6.45, 7) is 1.68. The molecule has 2 aliphatic heterocycles. The number of nitrogens with zero attached hydrogens (tertiary/aromatic N) is 2. The van der Waals surface area contributed by atoms with Crippen molar-refractivity contribution in [2.45, 2.75) is 67.7 Å². The van der Waals surface area contributed by atoms with Crippen LogP contribution >= 0.6 is 0 Å². The third-order valence-corrected chi connectivity index (χ3v) is 10.3. The van der Waals surface area contributed by atoms with Crippen molar-refractivity contribution in [3.63, 3.8) is 0 Å². The molecule has 3 aromatic carbocycles. The highest BCUT2D eigenvalue weighted by Crippen LogP contribution is 2.64. The fourth-order valence-electron chi connectivity index (χ4n) is 8.42. The molecule has 0 unspecified atom stereocenters. The minimum absolute atomic E-state index is 0.0556. The van der Waals surface area contributed by atoms with Crippen molar-refractivity contribution in [3.8, 4) is 11.5 Å². The van der Waals surface area contributed by atoms with E-state index in [2.05, 4.69) is 40.0 Å². The summed E-state index contributed by atoms with van der Waals surface area (Å²) in [4.78, 5) is 17.6. The Hall–Kier alpha value is -3.82. The van der Waals surface area contributed by atoms with Gasteiger partial charge in [-0.15, -0.1) is 13.2 Å². The number of aliphatic hydroxyl groups is 1. The molecule has 2 bridgehead atoms. The molecule has 2 heterocycles. The number of amides is 1. The second-order valence-electron chi connectivity index (χ2n) is 12.5. The summed E-state index contributed by atoms with van der Waals surface area (Å²) in [6.07, 6.45) is 1.15. The molecule has 0 radical (unpaired) electrons. The van der Waals surface area contributed by atoms with Crippen LogP contribution in [-0.2, 0) is 23.1 Å². The van der Waals surface area contributed by atoms with Crippen molar-refractivity contribution in [2.75, 3.05) is 20.1 Å². The van der Waals surface area contributed by atoms with Crippen molar-refractivity contribution >= 4 is 12.0 Å². The number of rotatable bonds is 7. The van der Waals surface area contributed by atoms with Crippen LogP contribution in [-0.4, -0.2) is 71.1 Å². The van der Waals surface area contributed by atoms with E-state index in [1.165, 1.54) is 41.5 Å². The Morgan fingerprint density at radius 2 is 1.91 bits per heavy atom. The highest BCUT2D eigenvalue weighted by Gasteiger charge is 2.72. The summed E-state index contributed by atoms with van der Waals surface area (Å²) < 4.78 is 48.7. The van der Waals surface area contributed by atoms with Gasteiger partial charge in [-0.25, -0.2) is 0 Å². The molecule has 9 heteroatoms. The summed E-state index contributed by atoms with van der Waals surface area (Å²) >= 11 is 0. The van der Waals surface area contributed by atoms with Crippen LogP contribution in [0.2, 0.25) is 0 Å². The summed E-state index contributed by atoms with van der Waals surface area (Å²) in [5.74, 6) is 0.166. The van der Waals surface area contributed by atoms with E-state index >= 15 is 0 Å². The van der Waals surface area contributed by atoms with E-state index in [0.29, 0.717) is 18.4 Å². The molecule has 1 saturated heterocycles. The molecule has 4 aliphatic rings. The lowest BCUT2D eigenvalue weighted by Gasteiger charge is -2.64. The van der Waals surface area contributed by atoms with Gasteiger partial charge in [0.05, 0.1) is 17.1 Å². The molecule has 1 amide bonds. The topological polar surface area (TPSA) is 62.2 Å². The van der Waals surface area contributed by atoms with E-state index in [1.807, 2.05) is 18.2 Å². The van der Waals surface area contributed by atoms with Crippen LogP contribution < -0.4 is 9.47 Å². The van der Waals surface area contributed by atoms with Crippen molar-refractivity contribution in [1.82, 2.24) is 9.80 Å². The molecule has 44 heavy (non-hydrogen) atoms. The minimum Gasteiger partial charge on any atom is -0.487 e. The number of likely N-dealkylation sites (N-methyl/N-ethyl adjacent to an activating group) is 1. The van der Waals surface area contributed by atoms with E-state index in [-0.39, 0.29) is 23.7 Å². The standard InChI is InChI=1S/C35H35F3N2O4/c1-39(30(41)14-13-24-9-5-11-26(21-24)44-35(36,37)38)27-15-17-34(42)29-22-25-10-6-12-28-31(25)33(34,32(27)43-28)18-20-40(29)19-16-23-7-3-2-4-8-23/h2-14,21,27,29,32,42H,15-20,22H2,1H3/t27-,29-,32+,33+,34-/m1/s1. The number of carbonyl (C=O) groups excluding carboxylic acids is 1. The van der Waals surface area contributed by atoms with E-state index in [0.717, 1.165) is 43.7 Å². The summed E-state index contributed by atoms with van der Waals surface area (Å²) in [6, 6.07) is 21.7. The van der Waals surface area contributed by atoms with Crippen LogP contribution in [0.15, 0.2) is 78.9 Å². The molecular weight excluding hydrogens is 569 g/mol. The highest BCUT2D eigenvalue weighted by atomic mass is 19.4. The van der Waals surface area contributed by atoms with Crippen molar-refractivity contribution in [1.29, 1.82) is 0 Å². The quantitative estimate of drug-likeness (QED) is 0.360. The third kappa shape index (κ3) is 4.68. The van der Waals surface area contributed by atoms with Crippen LogP contribution in [0.5, 0.6) is 11.5 Å². The number of hydrogen-bond donors (Lipinski definition) is 1. The van der Waals surface area contributed by atoms with Crippen molar-refractivity contribution < 1.29 is 32.5 Å². The zero-order valence-electron chi connectivity index (χ0n) is 24.5. The first-order valence-corrected chi connectivity index (χ1v) is 15.2. The molecule has 5 atom stereocenters. The Kier molecular flexibility index (Phi) is 7.01. The lowest BCUT2D eigenvalue weighted by Crippen LogP contribution is -2.78. The van der Waals surface area contributed by atoms with Gasteiger partial charge >= 0.3 is 6.36 Å². The number of benzene rings is 3. The van der Waals surface area contributed by atoms with E-state index in [1.54, 1.807) is 18.0 Å². The fourth-order valence-corrected chi connectivity index (χ4v) is 8.42. The Balaban J connectivity index is 1.14. The summed E-state index contributed by atoms with van der Waals surface area (Å²) in [5.41, 5.74) is 2.37. The van der Waals surface area contributed by atoms with Gasteiger partial charge in [0, 0.05) is 31.3 Å². The molecule has 230 valence electrons. The van der Waals surface area contributed by atoms with Crippen LogP contribution in [0.3, 0.4) is 0 Å². The Morgan fingerprint density at radius 3 is 2.70 bits per heavy atom. The molecule has 6 nitrogen and oxygen atoms in total. The average molecular weight is 605 g/mol. The van der Waals surface area contributed by atoms with Crippen molar-refractivity contribution in [2.24, 2.45) is 0 Å². The second-order valence-corrected chi connectivity index (χ2v) is 12.5. The van der Waals surface area contributed by atoms with Gasteiger partial charge in [-0.05, 0) is 79.6 Å². The van der Waals surface area contributed by atoms with Gasteiger partial charge in [-0.2, -0.15) is 0 Å². The molecule has 1 saturated carbocycles. The summed E-state index contributed by atoms with van der Waals surface area (Å²) in [5, 5.41) is 12.7. The first-order chi connectivity index (χ1) is 21.1. The third-order valence-electron chi connectivity index (χ3n) is 10.3. The van der Waals surface area contributed by atoms with Crippen LogP contribution in [0.4, 0.5) is 13.2 Å². The number of halogens is 3. The monoisotopic (exact) mass is 604 g/mol. The van der Waals surface area contributed by atoms with Gasteiger partial charge in [0.25, 0.3) is 0 Å². The maximum Gasteiger partial charge on any atom is 0.573 e. The SMILES string of the molecule is CN(C(=O)C=Cc1cccc(OC(F)(F)F)c1)[C@@H]1CC[C@@]2(O)[C@H]3Cc4cccc5c4[C@@]2(CCN3CCc2ccccc2)[C@H]1O5. The largest absolute Gasteiger partial charge is 0.573 e. The van der Waals surface area contributed by atoms with Gasteiger partial charge in [-0.3, -0.25) is 9.69 Å². The molecule has 1 N–H and O–H groups in total. The number of hydrogen-bond acceptors (Lipinski definition) is 5. The highest BCUT2D eigenvalue weighted by molar-refractivity contribution is 5.92. The van der Waals surface area contributed by atoms with E-state index in [9.17, 15) is 23.1 Å². The second kappa shape index (κ2) is 10.7. The number of piperidine rings is 1. The average Bonchev–Trinajstić information content (AvgIpc) is 3.34. The zero-order chi connectivity index (χ0) is 30.7. The fraction of sp³-hybridized carbons (Fsp3) is 0.400. The van der Waals surface area contributed by atoms with Gasteiger partial charge in [0.1, 0.15) is 17.6 Å². The number of carbonyl (C=O) groups is 1. The number of ether oxygens (including phenoxy) is 2. The van der Waals surface area contributed by atoms with E-state index in [4.69, 9.17) is 4.74 Å². The van der Waals surface area contributed by atoms with Gasteiger partial charge in [-0.1, -0.05) is 54.6 Å². The lowest BCUT2D eigenvalue weighted by molar-refractivity contribution is -0.274. The predicted molar refractivity (Wildman–Crippen MR) is 159 cm³/mol. The maximum absolute atomic E-state index is 13.5. The lowest BCUT2D eigenvalue weighted by atomic mass is 9.48. The molecular formula is C35H35F3N2O4. The van der Waals surface area contributed by atoms with Gasteiger partial charge in [0.15, 0.2) is 0 Å². The van der Waals surface area contributed by atoms with Crippen LogP contribution in [0.25, 0.3) is 6.08 Å². The minimum atomic E-state index is -4.80. The first-order valence-electron chi connectivity index (χ1n) is 15.2. The smallest absolute Gasteiger partial charge is 0.487 e. The number of alkyl halides is 3. The van der Waals surface area contributed by atoms with Crippen molar-refractivity contribution in [3.05, 3.63) is 101 Å². The Morgan fingerprint density at radius 1 is 1.11 bits per heavy atom. The zero-order valence-corrected chi connectivity index (χ0v) is 24.5. The van der Waals surface area contributed by atoms with Gasteiger partial charge in [0.2, 0.25) is 5.91 Å². The Labute approximate surface area is 254 Å². The number of likely N-dealkylation sites (tertiary alicyclic amines) is 1. The predicted octanol–water partition coefficient (Wildman–Crippen LogP) is 5.52. The van der Waals surface area contributed by atoms with E-state index < -0.39 is 23.5 Å². The molecule has 2 aliphatic carbocycles. The van der Waals surface area contributed by atoms with Crippen LogP contribution in [0, 0.1) is 0 Å². The first kappa shape index (κ1) is 28.9. The van der Waals surface area contributed by atoms with Gasteiger partial charge < -0.3 is 19.5 Å². The maximum atomic E-state index is 13.5. The summed E-state index contributed by atoms with van der Waals surface area (Å²) in [7, 11) is 1.74. The normalized spacial score (nSPS) is 28.8.